The minimum atomic E-state index is -0.433. The summed E-state index contributed by atoms with van der Waals surface area (Å²) in [5.41, 5.74) is 0.913. The normalized spacial score (nSPS) is 12.5. The largest absolute Gasteiger partial charge is 0.455 e. The molecular formula is C17H21FN2O2S. The van der Waals surface area contributed by atoms with E-state index in [1.165, 1.54) is 30.8 Å². The van der Waals surface area contributed by atoms with Gasteiger partial charge in [-0.3, -0.25) is 4.79 Å². The molecule has 4 nitrogen and oxygen atoms in total. The molecule has 0 aliphatic carbocycles. The van der Waals surface area contributed by atoms with Crippen LogP contribution in [0.5, 0.6) is 0 Å². The van der Waals surface area contributed by atoms with Gasteiger partial charge in [-0.05, 0) is 31.0 Å². The summed E-state index contributed by atoms with van der Waals surface area (Å²) in [5, 5.41) is 0.930. The van der Waals surface area contributed by atoms with Crippen molar-refractivity contribution in [1.82, 2.24) is 9.55 Å². The van der Waals surface area contributed by atoms with Gasteiger partial charge in [-0.15, -0.1) is 0 Å². The Bertz CT molecular complexity index is 713. The van der Waals surface area contributed by atoms with Crippen LogP contribution in [0.1, 0.15) is 51.2 Å². The van der Waals surface area contributed by atoms with Crippen LogP contribution in [0.15, 0.2) is 34.2 Å². The fraction of sp³-hybridized carbons (Fsp3) is 0.412. The van der Waals surface area contributed by atoms with Crippen LogP contribution in [0.3, 0.4) is 0 Å². The predicted octanol–water partition coefficient (Wildman–Crippen LogP) is 4.46. The SMILES string of the molecule is CC(=O)OC(C)c1nc(C(C)C)c(Sc2cccc(F)c2)n1C. The number of imidazole rings is 1. The zero-order chi connectivity index (χ0) is 17.1. The summed E-state index contributed by atoms with van der Waals surface area (Å²) in [6, 6.07) is 6.47. The number of hydrogen-bond acceptors (Lipinski definition) is 4. The summed E-state index contributed by atoms with van der Waals surface area (Å²) in [6.07, 6.45) is -0.433. The lowest BCUT2D eigenvalue weighted by Gasteiger charge is -2.12. The van der Waals surface area contributed by atoms with Crippen molar-refractivity contribution < 1.29 is 13.9 Å². The molecule has 23 heavy (non-hydrogen) atoms. The van der Waals surface area contributed by atoms with Gasteiger partial charge in [-0.25, -0.2) is 9.37 Å². The highest BCUT2D eigenvalue weighted by molar-refractivity contribution is 7.99. The summed E-state index contributed by atoms with van der Waals surface area (Å²) < 4.78 is 20.6. The minimum Gasteiger partial charge on any atom is -0.455 e. The number of nitrogens with zero attached hydrogens (tertiary/aromatic N) is 2. The van der Waals surface area contributed by atoms with Crippen molar-refractivity contribution in [1.29, 1.82) is 0 Å². The molecule has 0 bridgehead atoms. The lowest BCUT2D eigenvalue weighted by molar-refractivity contribution is -0.146. The van der Waals surface area contributed by atoms with Crippen LogP contribution in [0, 0.1) is 5.82 Å². The van der Waals surface area contributed by atoms with E-state index in [0.717, 1.165) is 15.6 Å². The van der Waals surface area contributed by atoms with E-state index in [9.17, 15) is 9.18 Å². The molecule has 2 rings (SSSR count). The summed E-state index contributed by atoms with van der Waals surface area (Å²) in [7, 11) is 1.88. The summed E-state index contributed by atoms with van der Waals surface area (Å²) in [6.45, 7) is 7.28. The van der Waals surface area contributed by atoms with E-state index in [2.05, 4.69) is 18.8 Å². The molecule has 0 fully saturated rings. The van der Waals surface area contributed by atoms with Crippen LogP contribution >= 0.6 is 11.8 Å². The third kappa shape index (κ3) is 4.13. The van der Waals surface area contributed by atoms with Gasteiger partial charge in [0.2, 0.25) is 0 Å². The van der Waals surface area contributed by atoms with Crippen molar-refractivity contribution in [2.75, 3.05) is 0 Å². The second-order valence-corrected chi connectivity index (χ2v) is 6.75. The maximum atomic E-state index is 13.4. The highest BCUT2D eigenvalue weighted by Crippen LogP contribution is 2.36. The molecule has 2 aromatic rings. The maximum absolute atomic E-state index is 13.4. The van der Waals surface area contributed by atoms with Gasteiger partial charge in [0.25, 0.3) is 0 Å². The Morgan fingerprint density at radius 2 is 2.04 bits per heavy atom. The van der Waals surface area contributed by atoms with Gasteiger partial charge in [0, 0.05) is 18.9 Å². The molecule has 0 spiro atoms. The Labute approximate surface area is 140 Å². The second-order valence-electron chi connectivity index (χ2n) is 5.69. The molecule has 0 saturated heterocycles. The molecule has 1 aromatic heterocycles. The molecule has 0 radical (unpaired) electrons. The van der Waals surface area contributed by atoms with Crippen molar-refractivity contribution in [3.05, 3.63) is 41.6 Å². The van der Waals surface area contributed by atoms with Gasteiger partial charge in [0.1, 0.15) is 10.8 Å². The molecule has 0 aliphatic rings. The smallest absolute Gasteiger partial charge is 0.303 e. The number of ether oxygens (including phenoxy) is 1. The van der Waals surface area contributed by atoms with Gasteiger partial charge >= 0.3 is 5.97 Å². The standard InChI is InChI=1S/C17H21FN2O2S/c1-10(2)15-17(23-14-8-6-7-13(18)9-14)20(5)16(19-15)11(3)22-12(4)21/h6-11H,1-5H3. The van der Waals surface area contributed by atoms with E-state index in [0.29, 0.717) is 5.82 Å². The Balaban J connectivity index is 2.41. The number of carbonyl (C=O) groups excluding carboxylic acids is 1. The van der Waals surface area contributed by atoms with Crippen LogP contribution in [0.4, 0.5) is 4.39 Å². The van der Waals surface area contributed by atoms with Crippen molar-refractivity contribution in [2.24, 2.45) is 7.05 Å². The number of rotatable bonds is 5. The number of hydrogen-bond donors (Lipinski definition) is 0. The highest BCUT2D eigenvalue weighted by Gasteiger charge is 2.23. The first-order valence-electron chi connectivity index (χ1n) is 7.46. The molecule has 0 N–H and O–H groups in total. The average molecular weight is 336 g/mol. The Hall–Kier alpha value is -1.82. The van der Waals surface area contributed by atoms with E-state index in [1.807, 2.05) is 17.7 Å². The van der Waals surface area contributed by atoms with Crippen molar-refractivity contribution in [2.45, 2.75) is 49.6 Å². The molecule has 0 amide bonds. The zero-order valence-corrected chi connectivity index (χ0v) is 14.8. The van der Waals surface area contributed by atoms with Crippen LogP contribution in [-0.4, -0.2) is 15.5 Å². The maximum Gasteiger partial charge on any atom is 0.303 e. The number of benzene rings is 1. The molecule has 1 atom stereocenters. The van der Waals surface area contributed by atoms with E-state index in [-0.39, 0.29) is 17.7 Å². The fourth-order valence-corrected chi connectivity index (χ4v) is 3.48. The van der Waals surface area contributed by atoms with E-state index in [4.69, 9.17) is 4.74 Å². The van der Waals surface area contributed by atoms with Crippen molar-refractivity contribution >= 4 is 17.7 Å². The van der Waals surface area contributed by atoms with Gasteiger partial charge in [0.05, 0.1) is 5.69 Å². The third-order valence-electron chi connectivity index (χ3n) is 3.37. The summed E-state index contributed by atoms with van der Waals surface area (Å²) in [4.78, 5) is 16.6. The number of aromatic nitrogens is 2. The number of halogens is 1. The van der Waals surface area contributed by atoms with Crippen LogP contribution < -0.4 is 0 Å². The molecule has 124 valence electrons. The van der Waals surface area contributed by atoms with Gasteiger partial charge in [-0.2, -0.15) is 0 Å². The van der Waals surface area contributed by atoms with Crippen LogP contribution in [0.25, 0.3) is 0 Å². The van der Waals surface area contributed by atoms with Gasteiger partial charge < -0.3 is 9.30 Å². The number of carbonyl (C=O) groups is 1. The lowest BCUT2D eigenvalue weighted by Crippen LogP contribution is -2.10. The van der Waals surface area contributed by atoms with Gasteiger partial charge in [0.15, 0.2) is 11.9 Å². The molecule has 6 heteroatoms. The summed E-state index contributed by atoms with van der Waals surface area (Å²) >= 11 is 1.46. The highest BCUT2D eigenvalue weighted by atomic mass is 32.2. The van der Waals surface area contributed by atoms with E-state index >= 15 is 0 Å². The first kappa shape index (κ1) is 17.5. The Morgan fingerprint density at radius 3 is 2.61 bits per heavy atom. The minimum absolute atomic E-state index is 0.204. The second kappa shape index (κ2) is 7.17. The van der Waals surface area contributed by atoms with E-state index in [1.54, 1.807) is 13.0 Å². The monoisotopic (exact) mass is 336 g/mol. The molecular weight excluding hydrogens is 315 g/mol. The Morgan fingerprint density at radius 1 is 1.35 bits per heavy atom. The molecule has 1 aromatic carbocycles. The lowest BCUT2D eigenvalue weighted by atomic mass is 10.1. The first-order chi connectivity index (χ1) is 10.8. The predicted molar refractivity (Wildman–Crippen MR) is 88.0 cm³/mol. The topological polar surface area (TPSA) is 44.1 Å². The average Bonchev–Trinajstić information content (AvgIpc) is 2.76. The molecule has 0 saturated carbocycles. The zero-order valence-electron chi connectivity index (χ0n) is 14.0. The Kier molecular flexibility index (Phi) is 5.46. The quantitative estimate of drug-likeness (QED) is 0.756. The first-order valence-corrected chi connectivity index (χ1v) is 8.28. The number of esters is 1. The van der Waals surface area contributed by atoms with Crippen LogP contribution in [-0.2, 0) is 16.6 Å². The van der Waals surface area contributed by atoms with Crippen molar-refractivity contribution in [3.8, 4) is 0 Å². The van der Waals surface area contributed by atoms with Crippen molar-refractivity contribution in [3.63, 3.8) is 0 Å². The summed E-state index contributed by atoms with van der Waals surface area (Å²) in [5.74, 6) is 0.279. The molecule has 0 aliphatic heterocycles. The van der Waals surface area contributed by atoms with Crippen LogP contribution in [0.2, 0.25) is 0 Å². The van der Waals surface area contributed by atoms with Gasteiger partial charge in [-0.1, -0.05) is 31.7 Å². The fourth-order valence-electron chi connectivity index (χ4n) is 2.33. The molecule has 1 unspecified atom stereocenters. The third-order valence-corrected chi connectivity index (χ3v) is 4.53. The molecule has 1 heterocycles. The van der Waals surface area contributed by atoms with E-state index < -0.39 is 6.10 Å².